The van der Waals surface area contributed by atoms with Crippen molar-refractivity contribution < 1.29 is 23.5 Å². The third-order valence-corrected chi connectivity index (χ3v) is 6.46. The van der Waals surface area contributed by atoms with Gasteiger partial charge in [-0.05, 0) is 56.1 Å². The first-order valence-electron chi connectivity index (χ1n) is 12.1. The van der Waals surface area contributed by atoms with E-state index in [2.05, 4.69) is 31.0 Å². The molecular formula is C27H36FN3O4. The van der Waals surface area contributed by atoms with Gasteiger partial charge in [-0.3, -0.25) is 14.5 Å². The summed E-state index contributed by atoms with van der Waals surface area (Å²) in [5.74, 6) is -0.795. The number of carbonyl (C=O) groups is 2. The molecule has 1 aliphatic rings. The second-order valence-corrected chi connectivity index (χ2v) is 9.24. The maximum Gasteiger partial charge on any atom is 0.258 e. The number of nitrogens with zero attached hydrogens (tertiary/aromatic N) is 2. The molecule has 0 saturated carbocycles. The van der Waals surface area contributed by atoms with Gasteiger partial charge in [0.25, 0.3) is 11.8 Å². The lowest BCUT2D eigenvalue weighted by molar-refractivity contribution is 0.0107. The summed E-state index contributed by atoms with van der Waals surface area (Å²) in [5, 5.41) is 2.69. The molecule has 0 bridgehead atoms. The second-order valence-electron chi connectivity index (χ2n) is 9.24. The number of rotatable bonds is 5. The zero-order valence-electron chi connectivity index (χ0n) is 21.2. The zero-order valence-corrected chi connectivity index (χ0v) is 21.2. The first-order valence-corrected chi connectivity index (χ1v) is 12.1. The molecule has 8 heteroatoms. The van der Waals surface area contributed by atoms with Gasteiger partial charge in [-0.15, -0.1) is 0 Å². The van der Waals surface area contributed by atoms with Crippen molar-refractivity contribution in [2.45, 2.75) is 39.3 Å². The predicted octanol–water partition coefficient (Wildman–Crippen LogP) is 4.29. The number of fused-ring (bicyclic) bond motifs is 1. The van der Waals surface area contributed by atoms with E-state index in [-0.39, 0.29) is 29.5 Å². The molecule has 0 unspecified atom stereocenters. The fourth-order valence-electron chi connectivity index (χ4n) is 4.37. The Balaban J connectivity index is 1.93. The van der Waals surface area contributed by atoms with Gasteiger partial charge in [0.15, 0.2) is 0 Å². The fourth-order valence-corrected chi connectivity index (χ4v) is 4.37. The highest BCUT2D eigenvalue weighted by Crippen LogP contribution is 2.27. The quantitative estimate of drug-likeness (QED) is 0.684. The Hall–Kier alpha value is -2.97. The first kappa shape index (κ1) is 26.6. The van der Waals surface area contributed by atoms with Crippen LogP contribution in [-0.4, -0.2) is 74.2 Å². The van der Waals surface area contributed by atoms with Gasteiger partial charge in [0.1, 0.15) is 18.2 Å². The van der Waals surface area contributed by atoms with E-state index in [9.17, 15) is 14.0 Å². The molecule has 2 amide bonds. The van der Waals surface area contributed by atoms with Gasteiger partial charge < -0.3 is 19.7 Å². The molecule has 190 valence electrons. The summed E-state index contributed by atoms with van der Waals surface area (Å²) in [6.07, 6.45) is 0.887. The maximum atomic E-state index is 14.1. The van der Waals surface area contributed by atoms with Crippen LogP contribution in [0.5, 0.6) is 5.75 Å². The van der Waals surface area contributed by atoms with Gasteiger partial charge >= 0.3 is 0 Å². The number of halogens is 1. The molecule has 1 heterocycles. The van der Waals surface area contributed by atoms with E-state index < -0.39 is 11.7 Å². The highest BCUT2D eigenvalue weighted by atomic mass is 19.1. The molecule has 0 aliphatic carbocycles. The maximum absolute atomic E-state index is 14.1. The van der Waals surface area contributed by atoms with Gasteiger partial charge in [0, 0.05) is 39.0 Å². The molecular weight excluding hydrogens is 449 g/mol. The monoisotopic (exact) mass is 485 g/mol. The summed E-state index contributed by atoms with van der Waals surface area (Å²) >= 11 is 0. The van der Waals surface area contributed by atoms with Gasteiger partial charge in [0.2, 0.25) is 0 Å². The van der Waals surface area contributed by atoms with Crippen LogP contribution in [0, 0.1) is 11.7 Å². The number of likely N-dealkylation sites (N-methyl/N-ethyl adjacent to an activating group) is 1. The molecule has 0 aromatic heterocycles. The summed E-state index contributed by atoms with van der Waals surface area (Å²) in [5.41, 5.74) is 0.643. The minimum atomic E-state index is -0.610. The van der Waals surface area contributed by atoms with Gasteiger partial charge in [-0.2, -0.15) is 0 Å². The topological polar surface area (TPSA) is 71.1 Å². The Morgan fingerprint density at radius 1 is 1.20 bits per heavy atom. The average molecular weight is 486 g/mol. The number of benzene rings is 2. The number of amides is 2. The van der Waals surface area contributed by atoms with E-state index in [1.807, 2.05) is 0 Å². The fraction of sp³-hybridized carbons (Fsp3) is 0.481. The number of ether oxygens (including phenoxy) is 2. The van der Waals surface area contributed by atoms with E-state index in [1.54, 1.807) is 43.3 Å². The number of anilines is 1. The third kappa shape index (κ3) is 6.58. The SMILES string of the molecule is CCCN1C[C@H](C)[C@@H](OC)CN(C)C(=O)c2cc(NC(=O)c3ccccc3F)ccc2OC[C@H]1C. The molecule has 3 rings (SSSR count). The third-order valence-electron chi connectivity index (χ3n) is 6.46. The molecule has 1 aliphatic heterocycles. The largest absolute Gasteiger partial charge is 0.491 e. The van der Waals surface area contributed by atoms with Crippen LogP contribution in [0.2, 0.25) is 0 Å². The van der Waals surface area contributed by atoms with Gasteiger partial charge in [-0.25, -0.2) is 4.39 Å². The van der Waals surface area contributed by atoms with Crippen LogP contribution in [0.15, 0.2) is 42.5 Å². The van der Waals surface area contributed by atoms with Crippen LogP contribution < -0.4 is 10.1 Å². The molecule has 7 nitrogen and oxygen atoms in total. The number of nitrogens with one attached hydrogen (secondary N) is 1. The zero-order chi connectivity index (χ0) is 25.5. The summed E-state index contributed by atoms with van der Waals surface area (Å²) < 4.78 is 25.9. The Labute approximate surface area is 207 Å². The van der Waals surface area contributed by atoms with Crippen molar-refractivity contribution in [3.05, 3.63) is 59.4 Å². The minimum absolute atomic E-state index is 0.0678. The van der Waals surface area contributed by atoms with Crippen LogP contribution in [0.4, 0.5) is 10.1 Å². The predicted molar refractivity (Wildman–Crippen MR) is 135 cm³/mol. The highest BCUT2D eigenvalue weighted by Gasteiger charge is 2.28. The van der Waals surface area contributed by atoms with Crippen LogP contribution in [-0.2, 0) is 4.74 Å². The molecule has 0 fully saturated rings. The van der Waals surface area contributed by atoms with Gasteiger partial charge in [0.05, 0.1) is 17.2 Å². The molecule has 0 radical (unpaired) electrons. The van der Waals surface area contributed by atoms with E-state index in [0.29, 0.717) is 30.2 Å². The average Bonchev–Trinajstić information content (AvgIpc) is 2.84. The number of carbonyl (C=O) groups excluding carboxylic acids is 2. The molecule has 35 heavy (non-hydrogen) atoms. The van der Waals surface area contributed by atoms with Crippen molar-refractivity contribution in [2.24, 2.45) is 5.92 Å². The summed E-state index contributed by atoms with van der Waals surface area (Å²) in [6.45, 7) is 9.01. The number of hydrogen-bond donors (Lipinski definition) is 1. The first-order chi connectivity index (χ1) is 16.7. The van der Waals surface area contributed by atoms with Crippen LogP contribution >= 0.6 is 0 Å². The van der Waals surface area contributed by atoms with Crippen LogP contribution in [0.25, 0.3) is 0 Å². The smallest absolute Gasteiger partial charge is 0.258 e. The van der Waals surface area contributed by atoms with E-state index in [1.165, 1.54) is 18.2 Å². The lowest BCUT2D eigenvalue weighted by Crippen LogP contribution is -2.46. The standard InChI is InChI=1S/C27H36FN3O4/c1-6-13-31-15-18(2)25(34-5)16-30(4)27(33)22-14-20(11-12-24(22)35-17-19(31)3)29-26(32)21-9-7-8-10-23(21)28/h7-12,14,18-19,25H,6,13,15-17H2,1-5H3,(H,29,32)/t18-,19+,25-/m0/s1. The van der Waals surface area contributed by atoms with Crippen molar-refractivity contribution >= 4 is 17.5 Å². The van der Waals surface area contributed by atoms with Crippen molar-refractivity contribution in [3.8, 4) is 5.75 Å². The normalized spacial score (nSPS) is 21.9. The summed E-state index contributed by atoms with van der Waals surface area (Å²) in [6, 6.07) is 10.8. The van der Waals surface area contributed by atoms with E-state index in [0.717, 1.165) is 19.5 Å². The molecule has 3 atom stereocenters. The Morgan fingerprint density at radius 3 is 2.63 bits per heavy atom. The Bertz CT molecular complexity index is 1030. The second kappa shape index (κ2) is 12.1. The highest BCUT2D eigenvalue weighted by molar-refractivity contribution is 6.05. The van der Waals surface area contributed by atoms with E-state index in [4.69, 9.17) is 9.47 Å². The minimum Gasteiger partial charge on any atom is -0.491 e. The van der Waals surface area contributed by atoms with Crippen LogP contribution in [0.3, 0.4) is 0 Å². The number of hydrogen-bond acceptors (Lipinski definition) is 5. The van der Waals surface area contributed by atoms with Gasteiger partial charge in [-0.1, -0.05) is 26.0 Å². The Kier molecular flexibility index (Phi) is 9.23. The van der Waals surface area contributed by atoms with Crippen molar-refractivity contribution in [1.29, 1.82) is 0 Å². The molecule has 0 spiro atoms. The lowest BCUT2D eigenvalue weighted by atomic mass is 10.0. The van der Waals surface area contributed by atoms with Crippen molar-refractivity contribution in [1.82, 2.24) is 9.80 Å². The molecule has 0 saturated heterocycles. The van der Waals surface area contributed by atoms with Crippen LogP contribution in [0.1, 0.15) is 47.9 Å². The van der Waals surface area contributed by atoms with Crippen molar-refractivity contribution in [3.63, 3.8) is 0 Å². The van der Waals surface area contributed by atoms with E-state index >= 15 is 0 Å². The molecule has 2 aromatic carbocycles. The van der Waals surface area contributed by atoms with Crippen molar-refractivity contribution in [2.75, 3.05) is 45.7 Å². The molecule has 1 N–H and O–H groups in total. The summed E-state index contributed by atoms with van der Waals surface area (Å²) in [7, 11) is 3.40. The summed E-state index contributed by atoms with van der Waals surface area (Å²) in [4.78, 5) is 30.1. The molecule has 2 aromatic rings. The Morgan fingerprint density at radius 2 is 1.94 bits per heavy atom. The lowest BCUT2D eigenvalue weighted by Gasteiger charge is -2.35. The number of methoxy groups -OCH3 is 1.